The maximum atomic E-state index is 17.2. The van der Waals surface area contributed by atoms with Gasteiger partial charge in [-0.2, -0.15) is 9.97 Å². The summed E-state index contributed by atoms with van der Waals surface area (Å²) in [5.74, 6) is -1.23. The molecule has 3 N–H and O–H groups in total. The molecule has 9 heterocycles. The molecule has 13 rings (SSSR count). The van der Waals surface area contributed by atoms with E-state index in [0.717, 1.165) is 102 Å². The molecule has 20 heteroatoms. The summed E-state index contributed by atoms with van der Waals surface area (Å²) in [6.45, 7) is 7.06. The van der Waals surface area contributed by atoms with Crippen LogP contribution in [0.1, 0.15) is 120 Å². The molecule has 0 radical (unpaired) electrons. The third-order valence-electron chi connectivity index (χ3n) is 19.7. The Bertz CT molecular complexity index is 3510. The summed E-state index contributed by atoms with van der Waals surface area (Å²) in [6, 6.07) is 11.6. The molecule has 80 heavy (non-hydrogen) atoms. The lowest BCUT2D eigenvalue weighted by Crippen LogP contribution is -2.56. The van der Waals surface area contributed by atoms with Gasteiger partial charge in [-0.05, 0) is 173 Å². The van der Waals surface area contributed by atoms with Gasteiger partial charge in [0, 0.05) is 56.9 Å². The number of hydrogen-bond donors (Lipinski definition) is 3. The van der Waals surface area contributed by atoms with Crippen LogP contribution in [0.15, 0.2) is 53.5 Å². The van der Waals surface area contributed by atoms with E-state index in [1.54, 1.807) is 17.7 Å². The zero-order valence-corrected chi connectivity index (χ0v) is 45.6. The van der Waals surface area contributed by atoms with E-state index in [9.17, 15) is 29.4 Å². The number of phenolic OH excluding ortho intramolecular Hbond substituents is 1. The third-order valence-corrected chi connectivity index (χ3v) is 19.7. The largest absolute Gasteiger partial charge is 0.508 e. The summed E-state index contributed by atoms with van der Waals surface area (Å²) >= 11 is 0. The maximum absolute atomic E-state index is 17.2. The molecule has 0 bridgehead atoms. The van der Waals surface area contributed by atoms with E-state index in [2.05, 4.69) is 32.2 Å². The average Bonchev–Trinajstić information content (AvgIpc) is 4.28. The third kappa shape index (κ3) is 9.03. The lowest BCUT2D eigenvalue weighted by molar-refractivity contribution is -0.135. The minimum absolute atomic E-state index is 0.00189. The Labute approximate surface area is 462 Å². The topological polar surface area (TPSA) is 201 Å². The Morgan fingerprint density at radius 1 is 0.875 bits per heavy atom. The molecule has 1 spiro atoms. The van der Waals surface area contributed by atoms with Gasteiger partial charge in [-0.1, -0.05) is 19.1 Å². The molecule has 3 aromatic carbocycles. The van der Waals surface area contributed by atoms with Crippen LogP contribution in [0.2, 0.25) is 0 Å². The van der Waals surface area contributed by atoms with Crippen molar-refractivity contribution in [2.45, 2.75) is 139 Å². The summed E-state index contributed by atoms with van der Waals surface area (Å²) in [6.07, 6.45) is 13.4. The van der Waals surface area contributed by atoms with Crippen LogP contribution < -0.4 is 20.6 Å². The van der Waals surface area contributed by atoms with E-state index >= 15 is 8.78 Å². The summed E-state index contributed by atoms with van der Waals surface area (Å²) < 4.78 is 48.3. The number of benzene rings is 3. The Morgan fingerprint density at radius 2 is 1.69 bits per heavy atom. The first-order valence-electron chi connectivity index (χ1n) is 29.0. The first kappa shape index (κ1) is 52.6. The van der Waals surface area contributed by atoms with Crippen LogP contribution >= 0.6 is 0 Å². The Hall–Kier alpha value is -6.77. The standard InChI is InChI=1S/C60H70F2N10O8/c1-3-42-45(61)9-7-37-26-41(74)28-43(50(37)42)52-51(62)53-44(31-63-52)54(70-20-4-6-38(70)32-73)66-56(65-53)80-34-60-16-5-21-71(60)39(13-17-60)33-79-58(78)69-24-18-59(19-25-69)29-40(30-59)68-22-14-35(15-23-68)36-8-10-46-48(27-36)67(2)57(77)72(46)47-11-12-49(75)64-55(47)76/h7-10,26-28,31,35,38-40,47,73-74H,3-6,11-25,29-30,32-34H2,1-2H3,(H,64,75,76)/t38-,39+,47?,60+/m1/s1. The lowest BCUT2D eigenvalue weighted by atomic mass is 9.59. The molecular weight excluding hydrogens is 1030 g/mol. The number of piperidine rings is 3. The highest BCUT2D eigenvalue weighted by atomic mass is 19.1. The van der Waals surface area contributed by atoms with Crippen molar-refractivity contribution in [3.63, 3.8) is 0 Å². The Balaban J connectivity index is 0.620. The fourth-order valence-corrected chi connectivity index (χ4v) is 15.3. The number of anilines is 1. The average molecular weight is 1100 g/mol. The number of imide groups is 1. The van der Waals surface area contributed by atoms with E-state index in [0.29, 0.717) is 77.5 Å². The Morgan fingerprint density at radius 3 is 2.46 bits per heavy atom. The zero-order valence-electron chi connectivity index (χ0n) is 45.6. The number of likely N-dealkylation sites (tertiary alicyclic amines) is 2. The molecule has 18 nitrogen and oxygen atoms in total. The molecule has 7 fully saturated rings. The maximum Gasteiger partial charge on any atom is 0.409 e. The van der Waals surface area contributed by atoms with Crippen LogP contribution in [0.4, 0.5) is 19.4 Å². The molecule has 422 valence electrons. The first-order valence-corrected chi connectivity index (χ1v) is 29.0. The number of phenols is 1. The van der Waals surface area contributed by atoms with Gasteiger partial charge in [0.25, 0.3) is 0 Å². The number of aromatic nitrogens is 5. The van der Waals surface area contributed by atoms with Gasteiger partial charge in [0.05, 0.1) is 34.6 Å². The van der Waals surface area contributed by atoms with E-state index < -0.39 is 23.6 Å². The van der Waals surface area contributed by atoms with Gasteiger partial charge in [0.2, 0.25) is 11.8 Å². The minimum atomic E-state index is -0.752. The number of fused-ring (bicyclic) bond motifs is 4. The molecule has 7 aliphatic rings. The fourth-order valence-electron chi connectivity index (χ4n) is 15.3. The van der Waals surface area contributed by atoms with Gasteiger partial charge in [-0.15, -0.1) is 0 Å². The number of hydrogen-bond acceptors (Lipinski definition) is 14. The van der Waals surface area contributed by atoms with Crippen LogP contribution in [-0.4, -0.2) is 150 Å². The number of nitrogens with zero attached hydrogens (tertiary/aromatic N) is 9. The van der Waals surface area contributed by atoms with Gasteiger partial charge < -0.3 is 34.4 Å². The lowest BCUT2D eigenvalue weighted by Gasteiger charge is -2.56. The number of carbonyl (C=O) groups is 3. The predicted octanol–water partition coefficient (Wildman–Crippen LogP) is 7.62. The SMILES string of the molecule is CCc1c(F)ccc2cc(O)cc(-c3ncc4c(N5CCC[C@@H]5CO)nc(OC[C@@]56CCCN5[C@H](COC(=O)N5CCC7(CC5)CC(N5CCC(c8ccc9c(c8)n(C)c(=O)n9C8CCC(=O)NC8=O)CC5)C7)CC6)nc4c3F)c12. The second-order valence-electron chi connectivity index (χ2n) is 24.0. The van der Waals surface area contributed by atoms with Crippen molar-refractivity contribution in [2.75, 3.05) is 64.0 Å². The number of amides is 3. The van der Waals surface area contributed by atoms with Crippen molar-refractivity contribution >= 4 is 56.4 Å². The first-order chi connectivity index (χ1) is 38.7. The smallest absolute Gasteiger partial charge is 0.409 e. The number of aromatic hydroxyl groups is 1. The van der Waals surface area contributed by atoms with Crippen molar-refractivity contribution in [1.29, 1.82) is 0 Å². The number of pyridine rings is 1. The molecule has 1 unspecified atom stereocenters. The molecule has 6 aliphatic heterocycles. The normalized spacial score (nSPS) is 24.8. The molecule has 4 atom stereocenters. The Kier molecular flexibility index (Phi) is 13.6. The molecule has 3 aromatic heterocycles. The van der Waals surface area contributed by atoms with Crippen molar-refractivity contribution in [1.82, 2.24) is 44.1 Å². The minimum Gasteiger partial charge on any atom is -0.508 e. The van der Waals surface area contributed by atoms with Crippen molar-refractivity contribution in [2.24, 2.45) is 12.5 Å². The van der Waals surface area contributed by atoms with E-state index in [1.165, 1.54) is 34.5 Å². The molecule has 1 aliphatic carbocycles. The van der Waals surface area contributed by atoms with Crippen LogP contribution in [-0.2, 0) is 27.8 Å². The number of aryl methyl sites for hydroxylation is 2. The van der Waals surface area contributed by atoms with Crippen LogP contribution in [0.3, 0.4) is 0 Å². The second-order valence-corrected chi connectivity index (χ2v) is 24.0. The van der Waals surface area contributed by atoms with E-state index in [4.69, 9.17) is 19.4 Å². The molecule has 3 amide bonds. The number of imidazole rings is 1. The summed E-state index contributed by atoms with van der Waals surface area (Å²) in [4.78, 5) is 74.6. The molecule has 6 saturated heterocycles. The number of carbonyl (C=O) groups excluding carboxylic acids is 3. The number of ether oxygens (including phenoxy) is 2. The van der Waals surface area contributed by atoms with Gasteiger partial charge >= 0.3 is 17.8 Å². The summed E-state index contributed by atoms with van der Waals surface area (Å²) in [5, 5.41) is 24.9. The van der Waals surface area contributed by atoms with Gasteiger partial charge in [0.1, 0.15) is 47.9 Å². The van der Waals surface area contributed by atoms with Crippen molar-refractivity contribution in [3.8, 4) is 23.0 Å². The van der Waals surface area contributed by atoms with Gasteiger partial charge in [-0.25, -0.2) is 18.4 Å². The highest BCUT2D eigenvalue weighted by Crippen LogP contribution is 2.52. The zero-order chi connectivity index (χ0) is 55.2. The molecule has 1 saturated carbocycles. The molecule has 6 aromatic rings. The van der Waals surface area contributed by atoms with Gasteiger partial charge in [0.15, 0.2) is 5.82 Å². The number of halogens is 2. The monoisotopic (exact) mass is 1100 g/mol. The van der Waals surface area contributed by atoms with Crippen LogP contribution in [0.5, 0.6) is 11.8 Å². The quantitative estimate of drug-likeness (QED) is 0.101. The highest BCUT2D eigenvalue weighted by Gasteiger charge is 2.52. The second kappa shape index (κ2) is 20.6. The highest BCUT2D eigenvalue weighted by molar-refractivity contribution is 6.02. The van der Waals surface area contributed by atoms with Crippen LogP contribution in [0.25, 0.3) is 44.0 Å². The predicted molar refractivity (Wildman–Crippen MR) is 296 cm³/mol. The number of rotatable bonds is 12. The molecular formula is C60H70F2N10O8. The summed E-state index contributed by atoms with van der Waals surface area (Å²) in [5.41, 5.74) is 2.90. The number of aliphatic hydroxyl groups is 1. The number of aliphatic hydroxyl groups excluding tert-OH is 1. The number of nitrogens with one attached hydrogen (secondary N) is 1. The van der Waals surface area contributed by atoms with Crippen molar-refractivity contribution in [3.05, 3.63) is 81.9 Å². The van der Waals surface area contributed by atoms with E-state index in [1.807, 2.05) is 22.8 Å². The van der Waals surface area contributed by atoms with E-state index in [-0.39, 0.29) is 95.5 Å². The fraction of sp³-hybridized carbons (Fsp3) is 0.550. The van der Waals surface area contributed by atoms with Crippen LogP contribution in [0, 0.1) is 17.0 Å². The summed E-state index contributed by atoms with van der Waals surface area (Å²) in [7, 11) is 1.74. The van der Waals surface area contributed by atoms with Crippen molar-refractivity contribution < 1.29 is 42.9 Å². The van der Waals surface area contributed by atoms with Gasteiger partial charge in [-0.3, -0.25) is 33.9 Å².